The first-order chi connectivity index (χ1) is 14.8. The summed E-state index contributed by atoms with van der Waals surface area (Å²) >= 11 is 0. The second-order valence-electron chi connectivity index (χ2n) is 7.47. The van der Waals surface area contributed by atoms with Gasteiger partial charge in [0.1, 0.15) is 6.61 Å². The summed E-state index contributed by atoms with van der Waals surface area (Å²) in [4.78, 5) is 33.0. The lowest BCUT2D eigenvalue weighted by Crippen LogP contribution is -2.29. The highest BCUT2D eigenvalue weighted by molar-refractivity contribution is 7.47. The molecule has 0 aromatic heterocycles. The molecule has 0 fully saturated rings. The van der Waals surface area contributed by atoms with Crippen LogP contribution in [0.25, 0.3) is 0 Å². The molecule has 0 bridgehead atoms. The number of hydrogen-bond acceptors (Lipinski definition) is 8. The van der Waals surface area contributed by atoms with Crippen molar-refractivity contribution in [3.05, 3.63) is 0 Å². The molecule has 0 spiro atoms. The van der Waals surface area contributed by atoms with Crippen molar-refractivity contribution < 1.29 is 37.6 Å². The standard InChI is InChI=1S/C21H42NO8P/c1-3-5-6-7-8-9-10-11-12-13-14-21(24)30-19(17-27-20(23)4-2)18-29-31(25,26)28-16-15-22/h19H,3-18,22H2,1-2H3,(H,25,26)/t19-/m1/s1. The SMILES string of the molecule is CCCCCCCCCCCCC(=O)O[C@H](COC(=O)CC)COP(=O)(O)OCCN. The Morgan fingerprint density at radius 3 is 2.00 bits per heavy atom. The third-order valence-electron chi connectivity index (χ3n) is 4.55. The van der Waals surface area contributed by atoms with Crippen LogP contribution in [0, 0.1) is 0 Å². The van der Waals surface area contributed by atoms with Gasteiger partial charge in [-0.1, -0.05) is 71.6 Å². The number of rotatable bonds is 21. The summed E-state index contributed by atoms with van der Waals surface area (Å²) in [6.45, 7) is 3.06. The van der Waals surface area contributed by atoms with Gasteiger partial charge in [0, 0.05) is 19.4 Å². The number of unbranched alkanes of at least 4 members (excludes halogenated alkanes) is 9. The van der Waals surface area contributed by atoms with Crippen molar-refractivity contribution in [1.29, 1.82) is 0 Å². The van der Waals surface area contributed by atoms with Gasteiger partial charge in [0.05, 0.1) is 13.2 Å². The van der Waals surface area contributed by atoms with Crippen LogP contribution in [0.5, 0.6) is 0 Å². The van der Waals surface area contributed by atoms with Crippen LogP contribution in [-0.2, 0) is 32.7 Å². The molecular weight excluding hydrogens is 425 g/mol. The highest BCUT2D eigenvalue weighted by atomic mass is 31.2. The average Bonchev–Trinajstić information content (AvgIpc) is 2.75. The van der Waals surface area contributed by atoms with Crippen LogP contribution in [0.4, 0.5) is 0 Å². The number of carbonyl (C=O) groups excluding carboxylic acids is 2. The normalized spacial score (nSPS) is 14.1. The van der Waals surface area contributed by atoms with Gasteiger partial charge in [-0.15, -0.1) is 0 Å². The molecule has 10 heteroatoms. The quantitative estimate of drug-likeness (QED) is 0.144. The van der Waals surface area contributed by atoms with Crippen molar-refractivity contribution in [3.63, 3.8) is 0 Å². The highest BCUT2D eigenvalue weighted by Crippen LogP contribution is 2.43. The smallest absolute Gasteiger partial charge is 0.462 e. The van der Waals surface area contributed by atoms with E-state index in [-0.39, 0.29) is 32.6 Å². The van der Waals surface area contributed by atoms with Gasteiger partial charge in [0.2, 0.25) is 0 Å². The van der Waals surface area contributed by atoms with Gasteiger partial charge in [-0.3, -0.25) is 18.6 Å². The summed E-state index contributed by atoms with van der Waals surface area (Å²) in [5.41, 5.74) is 5.22. The van der Waals surface area contributed by atoms with E-state index in [1.54, 1.807) is 6.92 Å². The highest BCUT2D eigenvalue weighted by Gasteiger charge is 2.25. The molecule has 3 N–H and O–H groups in total. The van der Waals surface area contributed by atoms with Crippen molar-refractivity contribution in [2.24, 2.45) is 5.73 Å². The lowest BCUT2D eigenvalue weighted by Gasteiger charge is -2.19. The molecule has 184 valence electrons. The lowest BCUT2D eigenvalue weighted by molar-refractivity contribution is -0.161. The first-order valence-electron chi connectivity index (χ1n) is 11.5. The third kappa shape index (κ3) is 19.4. The second kappa shape index (κ2) is 19.7. The zero-order chi connectivity index (χ0) is 23.4. The molecule has 0 aromatic carbocycles. The Bertz CT molecular complexity index is 518. The Morgan fingerprint density at radius 2 is 1.45 bits per heavy atom. The third-order valence-corrected chi connectivity index (χ3v) is 5.53. The molecular formula is C21H42NO8P. The molecule has 0 saturated heterocycles. The maximum atomic E-state index is 12.1. The monoisotopic (exact) mass is 467 g/mol. The zero-order valence-corrected chi connectivity index (χ0v) is 20.1. The fourth-order valence-corrected chi connectivity index (χ4v) is 3.55. The van der Waals surface area contributed by atoms with Crippen molar-refractivity contribution in [3.8, 4) is 0 Å². The second-order valence-corrected chi connectivity index (χ2v) is 8.92. The van der Waals surface area contributed by atoms with Gasteiger partial charge in [0.15, 0.2) is 6.10 Å². The predicted octanol–water partition coefficient (Wildman–Crippen LogP) is 4.25. The van der Waals surface area contributed by atoms with Crippen molar-refractivity contribution in [2.75, 3.05) is 26.4 Å². The Balaban J connectivity index is 4.17. The number of phosphoric acid groups is 1. The minimum atomic E-state index is -4.32. The Labute approximate surface area is 186 Å². The maximum absolute atomic E-state index is 12.1. The van der Waals surface area contributed by atoms with Crippen molar-refractivity contribution in [1.82, 2.24) is 0 Å². The molecule has 1 unspecified atom stereocenters. The number of nitrogens with two attached hydrogens (primary N) is 1. The van der Waals surface area contributed by atoms with Gasteiger partial charge >= 0.3 is 19.8 Å². The molecule has 0 saturated carbocycles. The summed E-state index contributed by atoms with van der Waals surface area (Å²) in [6.07, 6.45) is 11.0. The van der Waals surface area contributed by atoms with Crippen LogP contribution in [0.1, 0.15) is 90.9 Å². The van der Waals surface area contributed by atoms with Crippen LogP contribution < -0.4 is 5.73 Å². The van der Waals surface area contributed by atoms with E-state index in [4.69, 9.17) is 19.7 Å². The van der Waals surface area contributed by atoms with Gasteiger partial charge in [-0.05, 0) is 6.42 Å². The number of phosphoric ester groups is 1. The zero-order valence-electron chi connectivity index (χ0n) is 19.2. The van der Waals surface area contributed by atoms with E-state index >= 15 is 0 Å². The summed E-state index contributed by atoms with van der Waals surface area (Å²) in [5.74, 6) is -0.932. The predicted molar refractivity (Wildman–Crippen MR) is 118 cm³/mol. The molecule has 0 aliphatic carbocycles. The van der Waals surface area contributed by atoms with E-state index in [9.17, 15) is 19.0 Å². The lowest BCUT2D eigenvalue weighted by atomic mass is 10.1. The van der Waals surface area contributed by atoms with Crippen LogP contribution in [0.15, 0.2) is 0 Å². The summed E-state index contributed by atoms with van der Waals surface area (Å²) in [6, 6.07) is 0. The minimum Gasteiger partial charge on any atom is -0.462 e. The van der Waals surface area contributed by atoms with Crippen LogP contribution in [0.2, 0.25) is 0 Å². The molecule has 31 heavy (non-hydrogen) atoms. The van der Waals surface area contributed by atoms with E-state index in [0.29, 0.717) is 6.42 Å². The topological polar surface area (TPSA) is 134 Å². The molecule has 0 aromatic rings. The molecule has 0 heterocycles. The van der Waals surface area contributed by atoms with Gasteiger partial charge < -0.3 is 20.1 Å². The molecule has 0 rings (SSSR count). The Kier molecular flexibility index (Phi) is 19.0. The summed E-state index contributed by atoms with van der Waals surface area (Å²) in [5, 5.41) is 0. The van der Waals surface area contributed by atoms with Crippen LogP contribution in [-0.4, -0.2) is 49.3 Å². The van der Waals surface area contributed by atoms with Crippen molar-refractivity contribution in [2.45, 2.75) is 97.0 Å². The summed E-state index contributed by atoms with van der Waals surface area (Å²) < 4.78 is 31.5. The van der Waals surface area contributed by atoms with E-state index in [0.717, 1.165) is 12.8 Å². The van der Waals surface area contributed by atoms with Crippen LogP contribution in [0.3, 0.4) is 0 Å². The van der Waals surface area contributed by atoms with E-state index in [1.165, 1.54) is 44.9 Å². The number of ether oxygens (including phenoxy) is 2. The largest absolute Gasteiger partial charge is 0.472 e. The number of hydrogen-bond donors (Lipinski definition) is 2. The van der Waals surface area contributed by atoms with E-state index in [2.05, 4.69) is 11.4 Å². The van der Waals surface area contributed by atoms with E-state index < -0.39 is 32.5 Å². The molecule has 2 atom stereocenters. The fraction of sp³-hybridized carbons (Fsp3) is 0.905. The average molecular weight is 468 g/mol. The maximum Gasteiger partial charge on any atom is 0.472 e. The van der Waals surface area contributed by atoms with Gasteiger partial charge in [-0.25, -0.2) is 4.57 Å². The molecule has 0 aliphatic heterocycles. The van der Waals surface area contributed by atoms with Crippen molar-refractivity contribution >= 4 is 19.8 Å². The molecule has 9 nitrogen and oxygen atoms in total. The first kappa shape index (κ1) is 30.0. The molecule has 0 amide bonds. The fourth-order valence-electron chi connectivity index (χ4n) is 2.79. The minimum absolute atomic E-state index is 0.0549. The Hall–Kier alpha value is -0.990. The first-order valence-corrected chi connectivity index (χ1v) is 13.0. The summed E-state index contributed by atoms with van der Waals surface area (Å²) in [7, 11) is -4.32. The van der Waals surface area contributed by atoms with Gasteiger partial charge in [0.25, 0.3) is 0 Å². The van der Waals surface area contributed by atoms with E-state index in [1.807, 2.05) is 0 Å². The van der Waals surface area contributed by atoms with Gasteiger partial charge in [-0.2, -0.15) is 0 Å². The number of esters is 2. The van der Waals surface area contributed by atoms with Crippen LogP contribution >= 0.6 is 7.82 Å². The Morgan fingerprint density at radius 1 is 0.871 bits per heavy atom. The number of carbonyl (C=O) groups is 2. The molecule has 0 aliphatic rings. The molecule has 0 radical (unpaired) electrons.